The van der Waals surface area contributed by atoms with E-state index in [0.29, 0.717) is 0 Å². The maximum absolute atomic E-state index is 2.25. The first kappa shape index (κ1) is 19.4. The Morgan fingerprint density at radius 1 is 0.889 bits per heavy atom. The Labute approximate surface area is 115 Å². The molecule has 106 valence electrons. The molecule has 1 nitrogen and oxygen atoms in total. The van der Waals surface area contributed by atoms with Crippen LogP contribution in [0.3, 0.4) is 0 Å². The second-order valence-electron chi connectivity index (χ2n) is 5.14. The van der Waals surface area contributed by atoms with Gasteiger partial charge in [0.1, 0.15) is 0 Å². The molecule has 0 saturated heterocycles. The highest BCUT2D eigenvalue weighted by molar-refractivity contribution is 5.50. The lowest BCUT2D eigenvalue weighted by Gasteiger charge is -2.23. The van der Waals surface area contributed by atoms with Crippen LogP contribution in [-0.4, -0.2) is 14.1 Å². The van der Waals surface area contributed by atoms with Gasteiger partial charge in [-0.05, 0) is 35.6 Å². The van der Waals surface area contributed by atoms with Crippen LogP contribution < -0.4 is 4.90 Å². The highest BCUT2D eigenvalue weighted by atomic mass is 15.1. The van der Waals surface area contributed by atoms with Crippen molar-refractivity contribution < 1.29 is 0 Å². The number of hydrogen-bond acceptors (Lipinski definition) is 1. The third-order valence-corrected chi connectivity index (χ3v) is 2.53. The average Bonchev–Trinajstić information content (AvgIpc) is 2.32. The molecule has 0 atom stereocenters. The molecule has 1 rings (SSSR count). The van der Waals surface area contributed by atoms with Crippen LogP contribution in [-0.2, 0) is 5.41 Å². The Morgan fingerprint density at radius 3 is 1.61 bits per heavy atom. The fourth-order valence-corrected chi connectivity index (χ4v) is 1.77. The highest BCUT2D eigenvalue weighted by Gasteiger charge is 2.16. The summed E-state index contributed by atoms with van der Waals surface area (Å²) in [7, 11) is 4.15. The molecule has 1 heteroatoms. The summed E-state index contributed by atoms with van der Waals surface area (Å²) in [5, 5.41) is 0. The zero-order chi connectivity index (χ0) is 14.9. The van der Waals surface area contributed by atoms with Crippen molar-refractivity contribution >= 4 is 5.69 Å². The summed E-state index contributed by atoms with van der Waals surface area (Å²) in [6.45, 7) is 17.0. The van der Waals surface area contributed by atoms with Crippen molar-refractivity contribution in [2.75, 3.05) is 19.0 Å². The Kier molecular flexibility index (Phi) is 9.70. The minimum Gasteiger partial charge on any atom is -0.378 e. The Morgan fingerprint density at radius 2 is 1.33 bits per heavy atom. The van der Waals surface area contributed by atoms with Crippen LogP contribution >= 0.6 is 0 Å². The van der Waals surface area contributed by atoms with Gasteiger partial charge >= 0.3 is 0 Å². The van der Waals surface area contributed by atoms with Gasteiger partial charge in [0.15, 0.2) is 0 Å². The van der Waals surface area contributed by atoms with E-state index in [1.54, 1.807) is 0 Å². The van der Waals surface area contributed by atoms with Gasteiger partial charge in [-0.25, -0.2) is 0 Å². The predicted molar refractivity (Wildman–Crippen MR) is 86.9 cm³/mol. The lowest BCUT2D eigenvalue weighted by Crippen LogP contribution is -2.14. The smallest absolute Gasteiger partial charge is 0.0363 e. The molecule has 1 aromatic rings. The van der Waals surface area contributed by atoms with Crippen LogP contribution in [0, 0.1) is 6.92 Å². The monoisotopic (exact) mass is 251 g/mol. The molecule has 18 heavy (non-hydrogen) atoms. The summed E-state index contributed by atoms with van der Waals surface area (Å²) in [5.74, 6) is 0. The molecule has 0 aromatic heterocycles. The maximum atomic E-state index is 2.25. The second kappa shape index (κ2) is 9.02. The van der Waals surface area contributed by atoms with Crippen molar-refractivity contribution in [3.8, 4) is 0 Å². The molecule has 0 radical (unpaired) electrons. The molecular formula is C17H33N. The van der Waals surface area contributed by atoms with E-state index in [1.807, 2.05) is 27.7 Å². The van der Waals surface area contributed by atoms with E-state index in [-0.39, 0.29) is 5.41 Å². The van der Waals surface area contributed by atoms with Crippen molar-refractivity contribution in [2.24, 2.45) is 0 Å². The van der Waals surface area contributed by atoms with Gasteiger partial charge in [-0.15, -0.1) is 0 Å². The number of anilines is 1. The summed E-state index contributed by atoms with van der Waals surface area (Å²) in [5.41, 5.74) is 4.33. The fourth-order valence-electron chi connectivity index (χ4n) is 1.77. The normalized spacial score (nSPS) is 9.67. The zero-order valence-corrected chi connectivity index (χ0v) is 14.2. The van der Waals surface area contributed by atoms with Crippen LogP contribution in [0.1, 0.15) is 59.6 Å². The lowest BCUT2D eigenvalue weighted by molar-refractivity contribution is 0.586. The third-order valence-electron chi connectivity index (χ3n) is 2.53. The Hall–Kier alpha value is -0.980. The summed E-state index contributed by atoms with van der Waals surface area (Å²) < 4.78 is 0. The molecule has 0 N–H and O–H groups in total. The summed E-state index contributed by atoms with van der Waals surface area (Å²) in [6, 6.07) is 6.68. The first-order valence-corrected chi connectivity index (χ1v) is 7.11. The van der Waals surface area contributed by atoms with Gasteiger partial charge in [0.05, 0.1) is 0 Å². The Bertz CT molecular complexity index is 319. The van der Waals surface area contributed by atoms with E-state index in [4.69, 9.17) is 0 Å². The first-order valence-electron chi connectivity index (χ1n) is 7.11. The maximum Gasteiger partial charge on any atom is 0.0363 e. The Balaban J connectivity index is 0. The molecule has 1 aromatic carbocycles. The van der Waals surface area contributed by atoms with E-state index in [2.05, 4.69) is 64.9 Å². The molecule has 0 saturated carbocycles. The van der Waals surface area contributed by atoms with Crippen LogP contribution in [0.25, 0.3) is 0 Å². The third kappa shape index (κ3) is 6.09. The van der Waals surface area contributed by atoms with E-state index >= 15 is 0 Å². The van der Waals surface area contributed by atoms with E-state index in [0.717, 1.165) is 0 Å². The molecule has 0 spiro atoms. The number of hydrogen-bond donors (Lipinski definition) is 0. The quantitative estimate of drug-likeness (QED) is 0.645. The lowest BCUT2D eigenvalue weighted by atomic mass is 9.84. The first-order chi connectivity index (χ1) is 8.32. The largest absolute Gasteiger partial charge is 0.378 e. The summed E-state index contributed by atoms with van der Waals surface area (Å²) in [6.07, 6.45) is 0. The minimum absolute atomic E-state index is 0.245. The second-order valence-corrected chi connectivity index (χ2v) is 5.14. The van der Waals surface area contributed by atoms with E-state index in [1.165, 1.54) is 16.8 Å². The van der Waals surface area contributed by atoms with Gasteiger partial charge in [-0.3, -0.25) is 0 Å². The van der Waals surface area contributed by atoms with Gasteiger partial charge in [0.25, 0.3) is 0 Å². The molecule has 0 heterocycles. The van der Waals surface area contributed by atoms with Crippen molar-refractivity contribution in [2.45, 2.75) is 60.8 Å². The zero-order valence-electron chi connectivity index (χ0n) is 14.2. The van der Waals surface area contributed by atoms with Gasteiger partial charge in [0, 0.05) is 19.8 Å². The molecule has 0 aliphatic rings. The topological polar surface area (TPSA) is 3.24 Å². The van der Waals surface area contributed by atoms with Gasteiger partial charge in [-0.1, -0.05) is 54.5 Å². The molecule has 0 fully saturated rings. The SMILES string of the molecule is CC.CC.Cc1cc(N(C)C)ccc1C(C)(C)C. The molecule has 0 amide bonds. The highest BCUT2D eigenvalue weighted by Crippen LogP contribution is 2.28. The number of benzene rings is 1. The van der Waals surface area contributed by atoms with Crippen LogP contribution in [0.2, 0.25) is 0 Å². The molecule has 0 unspecified atom stereocenters. The van der Waals surface area contributed by atoms with Gasteiger partial charge in [0.2, 0.25) is 0 Å². The molecular weight excluding hydrogens is 218 g/mol. The number of nitrogens with zero attached hydrogens (tertiary/aromatic N) is 1. The minimum atomic E-state index is 0.245. The van der Waals surface area contributed by atoms with Crippen molar-refractivity contribution in [3.63, 3.8) is 0 Å². The van der Waals surface area contributed by atoms with E-state index in [9.17, 15) is 0 Å². The summed E-state index contributed by atoms with van der Waals surface area (Å²) >= 11 is 0. The van der Waals surface area contributed by atoms with Crippen LogP contribution in [0.15, 0.2) is 18.2 Å². The molecule has 0 aliphatic heterocycles. The number of rotatable bonds is 1. The van der Waals surface area contributed by atoms with Gasteiger partial charge in [-0.2, -0.15) is 0 Å². The van der Waals surface area contributed by atoms with Gasteiger partial charge < -0.3 is 4.90 Å². The van der Waals surface area contributed by atoms with Crippen molar-refractivity contribution in [3.05, 3.63) is 29.3 Å². The van der Waals surface area contributed by atoms with Crippen molar-refractivity contribution in [1.82, 2.24) is 0 Å². The predicted octanol–water partition coefficient (Wildman–Crippen LogP) is 5.41. The standard InChI is InChI=1S/C13H21N.2C2H6/c1-10-9-11(14(5)6)7-8-12(10)13(2,3)4;2*1-2/h7-9H,1-6H3;2*1-2H3. The van der Waals surface area contributed by atoms with E-state index < -0.39 is 0 Å². The average molecular weight is 251 g/mol. The number of aryl methyl sites for hydroxylation is 1. The van der Waals surface area contributed by atoms with Crippen molar-refractivity contribution in [1.29, 1.82) is 0 Å². The molecule has 0 bridgehead atoms. The van der Waals surface area contributed by atoms with Crippen LogP contribution in [0.4, 0.5) is 5.69 Å². The molecule has 0 aliphatic carbocycles. The van der Waals surface area contributed by atoms with Crippen LogP contribution in [0.5, 0.6) is 0 Å². The summed E-state index contributed by atoms with van der Waals surface area (Å²) in [4.78, 5) is 2.14. The fraction of sp³-hybridized carbons (Fsp3) is 0.647.